The van der Waals surface area contributed by atoms with Crippen molar-refractivity contribution < 1.29 is 14.7 Å². The minimum absolute atomic E-state index is 0.00624. The van der Waals surface area contributed by atoms with E-state index in [0.29, 0.717) is 32.5 Å². The SMILES string of the molecule is CNC(=O)CCN(CCNCCO)CCC(=O)NC. The van der Waals surface area contributed by atoms with Crippen LogP contribution in [0.1, 0.15) is 12.8 Å². The molecule has 0 aromatic rings. The van der Waals surface area contributed by atoms with E-state index in [9.17, 15) is 9.59 Å². The van der Waals surface area contributed by atoms with Crippen molar-refractivity contribution in [2.24, 2.45) is 0 Å². The summed E-state index contributed by atoms with van der Waals surface area (Å²) < 4.78 is 0. The fraction of sp³-hybridized carbons (Fsp3) is 0.833. The normalized spacial score (nSPS) is 10.5. The van der Waals surface area contributed by atoms with Gasteiger partial charge in [-0.1, -0.05) is 0 Å². The topological polar surface area (TPSA) is 93.7 Å². The molecule has 0 bridgehead atoms. The molecule has 19 heavy (non-hydrogen) atoms. The van der Waals surface area contributed by atoms with E-state index in [-0.39, 0.29) is 18.4 Å². The molecule has 0 heterocycles. The van der Waals surface area contributed by atoms with Gasteiger partial charge in [-0.2, -0.15) is 0 Å². The quantitative estimate of drug-likeness (QED) is 0.332. The van der Waals surface area contributed by atoms with Crippen LogP contribution in [0.5, 0.6) is 0 Å². The van der Waals surface area contributed by atoms with Crippen LogP contribution in [0, 0.1) is 0 Å². The molecule has 0 aromatic carbocycles. The van der Waals surface area contributed by atoms with Crippen molar-refractivity contribution in [1.82, 2.24) is 20.9 Å². The molecule has 0 aromatic heterocycles. The highest BCUT2D eigenvalue weighted by Gasteiger charge is 2.09. The molecule has 0 aliphatic carbocycles. The summed E-state index contributed by atoms with van der Waals surface area (Å²) >= 11 is 0. The van der Waals surface area contributed by atoms with E-state index in [2.05, 4.69) is 20.9 Å². The summed E-state index contributed by atoms with van der Waals surface area (Å²) in [6, 6.07) is 0. The van der Waals surface area contributed by atoms with Crippen molar-refractivity contribution in [1.29, 1.82) is 0 Å². The summed E-state index contributed by atoms with van der Waals surface area (Å²) in [6.07, 6.45) is 0.842. The molecule has 2 amide bonds. The van der Waals surface area contributed by atoms with E-state index in [4.69, 9.17) is 5.11 Å². The highest BCUT2D eigenvalue weighted by atomic mass is 16.3. The van der Waals surface area contributed by atoms with E-state index in [1.807, 2.05) is 0 Å². The van der Waals surface area contributed by atoms with E-state index in [1.165, 1.54) is 0 Å². The minimum Gasteiger partial charge on any atom is -0.395 e. The largest absolute Gasteiger partial charge is 0.395 e. The van der Waals surface area contributed by atoms with Crippen LogP contribution in [0.2, 0.25) is 0 Å². The van der Waals surface area contributed by atoms with Gasteiger partial charge in [-0.3, -0.25) is 9.59 Å². The molecule has 112 valence electrons. The molecule has 0 aliphatic rings. The highest BCUT2D eigenvalue weighted by Crippen LogP contribution is 1.94. The molecule has 0 saturated carbocycles. The van der Waals surface area contributed by atoms with Crippen molar-refractivity contribution in [2.75, 3.05) is 53.4 Å². The maximum atomic E-state index is 11.2. The van der Waals surface area contributed by atoms with E-state index in [1.54, 1.807) is 14.1 Å². The summed E-state index contributed by atoms with van der Waals surface area (Å²) in [5.41, 5.74) is 0. The minimum atomic E-state index is -0.00624. The number of carbonyl (C=O) groups excluding carboxylic acids is 2. The third-order valence-electron chi connectivity index (χ3n) is 2.76. The number of carbonyl (C=O) groups is 2. The second-order valence-corrected chi connectivity index (χ2v) is 4.16. The van der Waals surface area contributed by atoms with Crippen molar-refractivity contribution in [3.63, 3.8) is 0 Å². The van der Waals surface area contributed by atoms with Crippen LogP contribution in [0.15, 0.2) is 0 Å². The number of aliphatic hydroxyl groups is 1. The van der Waals surface area contributed by atoms with Gasteiger partial charge in [0.05, 0.1) is 6.61 Å². The smallest absolute Gasteiger partial charge is 0.221 e. The first-order chi connectivity index (χ1) is 9.13. The second kappa shape index (κ2) is 11.9. The van der Waals surface area contributed by atoms with Gasteiger partial charge in [-0.05, 0) is 0 Å². The van der Waals surface area contributed by atoms with Crippen LogP contribution in [0.3, 0.4) is 0 Å². The summed E-state index contributed by atoms with van der Waals surface area (Å²) in [4.78, 5) is 24.5. The van der Waals surface area contributed by atoms with Crippen LogP contribution in [-0.2, 0) is 9.59 Å². The van der Waals surface area contributed by atoms with Crippen LogP contribution in [-0.4, -0.2) is 75.2 Å². The molecule has 0 unspecified atom stereocenters. The average Bonchev–Trinajstić information content (AvgIpc) is 2.44. The Morgan fingerprint density at radius 3 is 1.89 bits per heavy atom. The molecule has 7 heteroatoms. The lowest BCUT2D eigenvalue weighted by molar-refractivity contribution is -0.120. The van der Waals surface area contributed by atoms with Gasteiger partial charge in [-0.15, -0.1) is 0 Å². The fourth-order valence-electron chi connectivity index (χ4n) is 1.55. The number of nitrogens with one attached hydrogen (secondary N) is 3. The van der Waals surface area contributed by atoms with E-state index in [0.717, 1.165) is 13.1 Å². The fourth-order valence-corrected chi connectivity index (χ4v) is 1.55. The number of amides is 2. The second-order valence-electron chi connectivity index (χ2n) is 4.16. The van der Waals surface area contributed by atoms with Crippen molar-refractivity contribution in [2.45, 2.75) is 12.8 Å². The Morgan fingerprint density at radius 2 is 1.47 bits per heavy atom. The maximum absolute atomic E-state index is 11.2. The van der Waals surface area contributed by atoms with Crippen LogP contribution < -0.4 is 16.0 Å². The number of nitrogens with zero attached hydrogens (tertiary/aromatic N) is 1. The van der Waals surface area contributed by atoms with Crippen molar-refractivity contribution >= 4 is 11.8 Å². The third kappa shape index (κ3) is 10.4. The molecule has 0 rings (SSSR count). The Kier molecular flexibility index (Phi) is 11.1. The van der Waals surface area contributed by atoms with Gasteiger partial charge >= 0.3 is 0 Å². The van der Waals surface area contributed by atoms with Gasteiger partial charge in [0.1, 0.15) is 0 Å². The molecular formula is C12H26N4O3. The van der Waals surface area contributed by atoms with Gasteiger partial charge in [-0.25, -0.2) is 0 Å². The zero-order chi connectivity index (χ0) is 14.5. The van der Waals surface area contributed by atoms with Gasteiger partial charge < -0.3 is 26.0 Å². The highest BCUT2D eigenvalue weighted by molar-refractivity contribution is 5.76. The lowest BCUT2D eigenvalue weighted by Gasteiger charge is -2.21. The molecule has 0 saturated heterocycles. The Balaban J connectivity index is 3.98. The molecule has 7 nitrogen and oxygen atoms in total. The summed E-state index contributed by atoms with van der Waals surface area (Å²) in [6.45, 7) is 3.38. The van der Waals surface area contributed by atoms with Crippen molar-refractivity contribution in [3.05, 3.63) is 0 Å². The molecule has 0 fully saturated rings. The Labute approximate surface area is 114 Å². The first-order valence-corrected chi connectivity index (χ1v) is 6.59. The Morgan fingerprint density at radius 1 is 0.947 bits per heavy atom. The predicted octanol–water partition coefficient (Wildman–Crippen LogP) is -1.86. The zero-order valence-electron chi connectivity index (χ0n) is 11.9. The molecule has 0 spiro atoms. The van der Waals surface area contributed by atoms with Crippen LogP contribution >= 0.6 is 0 Å². The maximum Gasteiger partial charge on any atom is 0.221 e. The predicted molar refractivity (Wildman–Crippen MR) is 73.8 cm³/mol. The number of rotatable bonds is 11. The zero-order valence-corrected chi connectivity index (χ0v) is 11.9. The van der Waals surface area contributed by atoms with Crippen molar-refractivity contribution in [3.8, 4) is 0 Å². The van der Waals surface area contributed by atoms with Gasteiger partial charge in [0.15, 0.2) is 0 Å². The van der Waals surface area contributed by atoms with Crippen LogP contribution in [0.4, 0.5) is 0 Å². The molecule has 4 N–H and O–H groups in total. The monoisotopic (exact) mass is 274 g/mol. The van der Waals surface area contributed by atoms with Gasteiger partial charge in [0, 0.05) is 59.7 Å². The Bertz CT molecular complexity index is 241. The number of aliphatic hydroxyl groups excluding tert-OH is 1. The lowest BCUT2D eigenvalue weighted by atomic mass is 10.3. The van der Waals surface area contributed by atoms with Gasteiger partial charge in [0.25, 0.3) is 0 Å². The third-order valence-corrected chi connectivity index (χ3v) is 2.76. The molecule has 0 atom stereocenters. The lowest BCUT2D eigenvalue weighted by Crippen LogP contribution is -2.37. The van der Waals surface area contributed by atoms with Crippen LogP contribution in [0.25, 0.3) is 0 Å². The standard InChI is InChI=1S/C12H26N4O3/c1-13-11(18)3-7-16(8-4-12(19)14-2)9-5-15-6-10-17/h15,17H,3-10H2,1-2H3,(H,13,18)(H,14,19). The summed E-state index contributed by atoms with van der Waals surface area (Å²) in [5, 5.41) is 16.9. The molecular weight excluding hydrogens is 248 g/mol. The molecule has 0 radical (unpaired) electrons. The summed E-state index contributed by atoms with van der Waals surface area (Å²) in [7, 11) is 3.22. The van der Waals surface area contributed by atoms with E-state index >= 15 is 0 Å². The van der Waals surface area contributed by atoms with E-state index < -0.39 is 0 Å². The first kappa shape index (κ1) is 17.8. The summed E-state index contributed by atoms with van der Waals surface area (Å²) in [5.74, 6) is -0.0125. The molecule has 0 aliphatic heterocycles. The van der Waals surface area contributed by atoms with Gasteiger partial charge in [0.2, 0.25) is 11.8 Å². The Hall–Kier alpha value is -1.18. The number of hydrogen-bond acceptors (Lipinski definition) is 5. The average molecular weight is 274 g/mol. The number of hydrogen-bond donors (Lipinski definition) is 4. The first-order valence-electron chi connectivity index (χ1n) is 6.59.